The fourth-order valence-corrected chi connectivity index (χ4v) is 1.68. The third-order valence-corrected chi connectivity index (χ3v) is 2.81. The maximum atomic E-state index is 12.1. The number of rotatable bonds is 3. The zero-order valence-electron chi connectivity index (χ0n) is 11.0. The molecule has 2 heterocycles. The average molecular weight is 331 g/mol. The molecule has 0 radical (unpaired) electrons. The van der Waals surface area contributed by atoms with Crippen molar-refractivity contribution in [1.82, 2.24) is 15.0 Å². The van der Waals surface area contributed by atoms with Gasteiger partial charge in [0.05, 0.1) is 6.54 Å². The maximum absolute atomic E-state index is 12.1. The molecule has 116 valence electrons. The lowest BCUT2D eigenvalue weighted by molar-refractivity contribution is -0.173. The second-order valence-corrected chi connectivity index (χ2v) is 4.61. The Labute approximate surface area is 128 Å². The monoisotopic (exact) mass is 330 g/mol. The highest BCUT2D eigenvalue weighted by Gasteiger charge is 2.38. The van der Waals surface area contributed by atoms with Crippen LogP contribution in [0.4, 0.5) is 13.2 Å². The van der Waals surface area contributed by atoms with Crippen LogP contribution in [-0.4, -0.2) is 21.6 Å². The SMILES string of the molecule is O=C(N/N=c1\ccccn1Cc1ccc(Cl)nc1)C(F)(F)F. The van der Waals surface area contributed by atoms with Crippen LogP contribution in [-0.2, 0) is 11.3 Å². The Morgan fingerprint density at radius 2 is 2.09 bits per heavy atom. The van der Waals surface area contributed by atoms with E-state index in [0.717, 1.165) is 5.56 Å². The van der Waals surface area contributed by atoms with Crippen molar-refractivity contribution in [2.24, 2.45) is 5.10 Å². The molecule has 0 aliphatic rings. The van der Waals surface area contributed by atoms with Gasteiger partial charge in [-0.25, -0.2) is 10.4 Å². The molecule has 1 amide bonds. The van der Waals surface area contributed by atoms with Gasteiger partial charge in [0.15, 0.2) is 5.49 Å². The van der Waals surface area contributed by atoms with Crippen LogP contribution in [0.25, 0.3) is 0 Å². The molecule has 0 fully saturated rings. The fourth-order valence-electron chi connectivity index (χ4n) is 1.57. The number of nitrogens with zero attached hydrogens (tertiary/aromatic N) is 3. The highest BCUT2D eigenvalue weighted by molar-refractivity contribution is 6.29. The number of amides is 1. The largest absolute Gasteiger partial charge is 0.473 e. The first-order valence-corrected chi connectivity index (χ1v) is 6.41. The van der Waals surface area contributed by atoms with Crippen molar-refractivity contribution in [3.05, 3.63) is 58.9 Å². The van der Waals surface area contributed by atoms with E-state index in [4.69, 9.17) is 11.6 Å². The van der Waals surface area contributed by atoms with Gasteiger partial charge in [0.1, 0.15) is 5.15 Å². The van der Waals surface area contributed by atoms with Crippen molar-refractivity contribution in [2.75, 3.05) is 0 Å². The van der Waals surface area contributed by atoms with Gasteiger partial charge in [0.2, 0.25) is 0 Å². The molecule has 22 heavy (non-hydrogen) atoms. The van der Waals surface area contributed by atoms with Crippen LogP contribution in [0.5, 0.6) is 0 Å². The molecule has 0 saturated carbocycles. The molecular formula is C13H10ClF3N4O. The smallest absolute Gasteiger partial charge is 0.327 e. The number of carbonyl (C=O) groups is 1. The molecule has 0 spiro atoms. The normalized spacial score (nSPS) is 12.3. The van der Waals surface area contributed by atoms with Gasteiger partial charge < -0.3 is 4.57 Å². The van der Waals surface area contributed by atoms with E-state index in [0.29, 0.717) is 11.7 Å². The van der Waals surface area contributed by atoms with Crippen molar-refractivity contribution in [1.29, 1.82) is 0 Å². The van der Waals surface area contributed by atoms with Gasteiger partial charge in [-0.2, -0.15) is 18.3 Å². The lowest BCUT2D eigenvalue weighted by Crippen LogP contribution is -2.36. The number of pyridine rings is 2. The van der Waals surface area contributed by atoms with Crippen molar-refractivity contribution in [3.8, 4) is 0 Å². The van der Waals surface area contributed by atoms with Crippen LogP contribution in [0, 0.1) is 0 Å². The average Bonchev–Trinajstić information content (AvgIpc) is 2.47. The molecule has 2 aromatic heterocycles. The summed E-state index contributed by atoms with van der Waals surface area (Å²) in [7, 11) is 0. The zero-order valence-corrected chi connectivity index (χ0v) is 11.8. The van der Waals surface area contributed by atoms with E-state index in [1.165, 1.54) is 11.5 Å². The van der Waals surface area contributed by atoms with E-state index in [2.05, 4.69) is 10.1 Å². The van der Waals surface area contributed by atoms with Crippen molar-refractivity contribution in [3.63, 3.8) is 0 Å². The zero-order chi connectivity index (χ0) is 16.2. The van der Waals surface area contributed by atoms with Gasteiger partial charge in [0, 0.05) is 12.4 Å². The lowest BCUT2D eigenvalue weighted by Gasteiger charge is -2.08. The molecule has 0 aliphatic heterocycles. The molecule has 5 nitrogen and oxygen atoms in total. The van der Waals surface area contributed by atoms with Gasteiger partial charge in [-0.05, 0) is 23.8 Å². The van der Waals surface area contributed by atoms with Gasteiger partial charge >= 0.3 is 12.1 Å². The van der Waals surface area contributed by atoms with E-state index >= 15 is 0 Å². The highest BCUT2D eigenvalue weighted by atomic mass is 35.5. The second-order valence-electron chi connectivity index (χ2n) is 4.23. The van der Waals surface area contributed by atoms with Crippen molar-refractivity contribution >= 4 is 17.5 Å². The summed E-state index contributed by atoms with van der Waals surface area (Å²) in [6, 6.07) is 8.08. The topological polar surface area (TPSA) is 59.3 Å². The number of aromatic nitrogens is 2. The summed E-state index contributed by atoms with van der Waals surface area (Å²) in [6.45, 7) is 0.311. The van der Waals surface area contributed by atoms with E-state index in [1.807, 2.05) is 0 Å². The molecule has 0 bridgehead atoms. The highest BCUT2D eigenvalue weighted by Crippen LogP contribution is 2.13. The molecule has 0 unspecified atom stereocenters. The predicted molar refractivity (Wildman–Crippen MR) is 72.5 cm³/mol. The summed E-state index contributed by atoms with van der Waals surface area (Å²) in [5, 5.41) is 3.82. The van der Waals surface area contributed by atoms with Crippen LogP contribution in [0.2, 0.25) is 5.15 Å². The maximum Gasteiger partial charge on any atom is 0.473 e. The lowest BCUT2D eigenvalue weighted by atomic mass is 10.3. The van der Waals surface area contributed by atoms with E-state index < -0.39 is 12.1 Å². The summed E-state index contributed by atoms with van der Waals surface area (Å²) in [4.78, 5) is 14.7. The van der Waals surface area contributed by atoms with Gasteiger partial charge in [-0.3, -0.25) is 4.79 Å². The minimum atomic E-state index is -4.98. The van der Waals surface area contributed by atoms with E-state index in [1.54, 1.807) is 41.2 Å². The summed E-state index contributed by atoms with van der Waals surface area (Å²) < 4.78 is 38.0. The minimum absolute atomic E-state index is 0.162. The van der Waals surface area contributed by atoms with Crippen LogP contribution in [0.3, 0.4) is 0 Å². The Hall–Kier alpha value is -2.35. The first-order valence-electron chi connectivity index (χ1n) is 6.03. The number of carbonyl (C=O) groups excluding carboxylic acids is 1. The number of hydrogen-bond acceptors (Lipinski definition) is 3. The molecule has 9 heteroatoms. The summed E-state index contributed by atoms with van der Waals surface area (Å²) in [5.41, 5.74) is 2.42. The molecule has 0 atom stereocenters. The molecule has 1 N–H and O–H groups in total. The first-order chi connectivity index (χ1) is 10.4. The number of halogens is 4. The summed E-state index contributed by atoms with van der Waals surface area (Å²) >= 11 is 5.68. The number of alkyl halides is 3. The van der Waals surface area contributed by atoms with E-state index in [-0.39, 0.29) is 5.49 Å². The number of nitrogens with one attached hydrogen (secondary N) is 1. The van der Waals surface area contributed by atoms with Crippen LogP contribution >= 0.6 is 11.6 Å². The fraction of sp³-hybridized carbons (Fsp3) is 0.154. The molecule has 0 aromatic carbocycles. The number of hydrogen-bond donors (Lipinski definition) is 1. The Morgan fingerprint density at radius 3 is 2.73 bits per heavy atom. The molecule has 2 rings (SSSR count). The van der Waals surface area contributed by atoms with Gasteiger partial charge in [-0.15, -0.1) is 0 Å². The van der Waals surface area contributed by atoms with E-state index in [9.17, 15) is 18.0 Å². The summed E-state index contributed by atoms with van der Waals surface area (Å²) in [6.07, 6.45) is -1.82. The Kier molecular flexibility index (Phi) is 4.81. The Balaban J connectivity index is 2.23. The predicted octanol–water partition coefficient (Wildman–Crippen LogP) is 2.08. The van der Waals surface area contributed by atoms with Crippen molar-refractivity contribution in [2.45, 2.75) is 12.7 Å². The van der Waals surface area contributed by atoms with Crippen molar-refractivity contribution < 1.29 is 18.0 Å². The van der Waals surface area contributed by atoms with Gasteiger partial charge in [-0.1, -0.05) is 23.7 Å². The molecular weight excluding hydrogens is 321 g/mol. The third kappa shape index (κ3) is 4.32. The summed E-state index contributed by atoms with van der Waals surface area (Å²) in [5.74, 6) is -2.13. The standard InChI is InChI=1S/C13H10ClF3N4O/c14-10-5-4-9(7-18-10)8-21-6-2-1-3-11(21)19-20-12(22)13(15,16)17/h1-7H,8H2,(H,20,22)/b19-11+. The Morgan fingerprint density at radius 1 is 1.32 bits per heavy atom. The van der Waals surface area contributed by atoms with Crippen LogP contribution in [0.1, 0.15) is 5.56 Å². The van der Waals surface area contributed by atoms with Gasteiger partial charge in [0.25, 0.3) is 0 Å². The Bertz CT molecular complexity index is 725. The second kappa shape index (κ2) is 6.61. The third-order valence-electron chi connectivity index (χ3n) is 2.59. The molecule has 2 aromatic rings. The molecule has 0 aliphatic carbocycles. The first kappa shape index (κ1) is 16.0. The molecule has 0 saturated heterocycles. The quantitative estimate of drug-likeness (QED) is 0.692. The minimum Gasteiger partial charge on any atom is -0.327 e. The van der Waals surface area contributed by atoms with Crippen LogP contribution < -0.4 is 10.9 Å². The van der Waals surface area contributed by atoms with Crippen LogP contribution in [0.15, 0.2) is 47.8 Å².